The Morgan fingerprint density at radius 2 is 1.72 bits per heavy atom. The van der Waals surface area contributed by atoms with Gasteiger partial charge in [-0.3, -0.25) is 4.79 Å². The molecule has 4 aromatic rings. The summed E-state index contributed by atoms with van der Waals surface area (Å²) in [5.74, 6) is 1.53. The summed E-state index contributed by atoms with van der Waals surface area (Å²) in [4.78, 5) is 15.3. The SMILES string of the molecule is O=C1CC(c2ccc3c(c2)OCO3)c2c(ccc3ccccc23)N1Cc1ccc(Cl)cc1. The van der Waals surface area contributed by atoms with Gasteiger partial charge < -0.3 is 14.4 Å². The molecule has 4 nitrogen and oxygen atoms in total. The van der Waals surface area contributed by atoms with Crippen molar-refractivity contribution in [3.8, 4) is 11.5 Å². The zero-order valence-electron chi connectivity index (χ0n) is 17.3. The Morgan fingerprint density at radius 3 is 2.59 bits per heavy atom. The van der Waals surface area contributed by atoms with Gasteiger partial charge in [0.1, 0.15) is 0 Å². The summed E-state index contributed by atoms with van der Waals surface area (Å²) < 4.78 is 11.1. The number of amides is 1. The van der Waals surface area contributed by atoms with Crippen LogP contribution in [0.5, 0.6) is 11.5 Å². The molecule has 0 aliphatic carbocycles. The van der Waals surface area contributed by atoms with Crippen LogP contribution in [0.25, 0.3) is 10.8 Å². The van der Waals surface area contributed by atoms with E-state index in [0.29, 0.717) is 18.0 Å². The zero-order chi connectivity index (χ0) is 21.7. The van der Waals surface area contributed by atoms with Crippen molar-refractivity contribution in [2.45, 2.75) is 18.9 Å². The molecular weight excluding hydrogens is 422 g/mol. The van der Waals surface area contributed by atoms with Crippen molar-refractivity contribution >= 4 is 34.0 Å². The van der Waals surface area contributed by atoms with Crippen LogP contribution in [0.1, 0.15) is 29.0 Å². The predicted octanol–water partition coefficient (Wildman–Crippen LogP) is 6.29. The largest absolute Gasteiger partial charge is 0.454 e. The molecule has 0 bridgehead atoms. The molecule has 158 valence electrons. The number of benzene rings is 4. The third-order valence-electron chi connectivity index (χ3n) is 6.32. The second kappa shape index (κ2) is 7.57. The first-order valence-corrected chi connectivity index (χ1v) is 11.0. The molecule has 0 aromatic heterocycles. The molecule has 32 heavy (non-hydrogen) atoms. The highest BCUT2D eigenvalue weighted by atomic mass is 35.5. The summed E-state index contributed by atoms with van der Waals surface area (Å²) in [6.45, 7) is 0.742. The monoisotopic (exact) mass is 441 g/mol. The topological polar surface area (TPSA) is 38.8 Å². The molecule has 2 aliphatic heterocycles. The van der Waals surface area contributed by atoms with Gasteiger partial charge in [0.2, 0.25) is 12.7 Å². The van der Waals surface area contributed by atoms with Crippen LogP contribution in [-0.2, 0) is 11.3 Å². The Hall–Kier alpha value is -3.50. The number of carbonyl (C=O) groups is 1. The molecule has 5 heteroatoms. The normalized spacial score (nSPS) is 17.0. The van der Waals surface area contributed by atoms with Crippen LogP contribution in [0.15, 0.2) is 78.9 Å². The molecule has 0 saturated carbocycles. The zero-order valence-corrected chi connectivity index (χ0v) is 18.0. The highest BCUT2D eigenvalue weighted by Crippen LogP contribution is 2.46. The molecule has 1 atom stereocenters. The van der Waals surface area contributed by atoms with Gasteiger partial charge in [-0.1, -0.05) is 60.1 Å². The molecule has 1 unspecified atom stereocenters. The molecule has 0 spiro atoms. The summed E-state index contributed by atoms with van der Waals surface area (Å²) in [7, 11) is 0. The minimum Gasteiger partial charge on any atom is -0.454 e. The Morgan fingerprint density at radius 1 is 0.906 bits per heavy atom. The number of anilines is 1. The molecule has 2 aliphatic rings. The number of ether oxygens (including phenoxy) is 2. The van der Waals surface area contributed by atoms with Crippen LogP contribution in [0.3, 0.4) is 0 Å². The van der Waals surface area contributed by atoms with Crippen molar-refractivity contribution in [3.05, 3.63) is 101 Å². The number of halogens is 1. The Kier molecular flexibility index (Phi) is 4.54. The van der Waals surface area contributed by atoms with E-state index < -0.39 is 0 Å². The Balaban J connectivity index is 1.50. The first-order chi connectivity index (χ1) is 15.7. The Labute approximate surface area is 190 Å². The molecule has 6 rings (SSSR count). The van der Waals surface area contributed by atoms with Gasteiger partial charge in [-0.15, -0.1) is 0 Å². The molecule has 0 N–H and O–H groups in total. The van der Waals surface area contributed by atoms with E-state index in [1.807, 2.05) is 53.4 Å². The van der Waals surface area contributed by atoms with Crippen molar-refractivity contribution in [1.29, 1.82) is 0 Å². The highest BCUT2D eigenvalue weighted by molar-refractivity contribution is 6.30. The first-order valence-electron chi connectivity index (χ1n) is 10.6. The fraction of sp³-hybridized carbons (Fsp3) is 0.148. The van der Waals surface area contributed by atoms with Gasteiger partial charge in [-0.05, 0) is 57.8 Å². The maximum Gasteiger partial charge on any atom is 0.231 e. The number of nitrogens with zero attached hydrogens (tertiary/aromatic N) is 1. The maximum absolute atomic E-state index is 13.4. The van der Waals surface area contributed by atoms with E-state index in [-0.39, 0.29) is 18.6 Å². The molecular formula is C27H20ClNO3. The van der Waals surface area contributed by atoms with Crippen molar-refractivity contribution in [2.75, 3.05) is 11.7 Å². The van der Waals surface area contributed by atoms with Gasteiger partial charge >= 0.3 is 0 Å². The van der Waals surface area contributed by atoms with Crippen molar-refractivity contribution < 1.29 is 14.3 Å². The van der Waals surface area contributed by atoms with Gasteiger partial charge in [-0.25, -0.2) is 0 Å². The van der Waals surface area contributed by atoms with Crippen molar-refractivity contribution in [1.82, 2.24) is 0 Å². The summed E-state index contributed by atoms with van der Waals surface area (Å²) in [5.41, 5.74) is 4.24. The molecule has 0 radical (unpaired) electrons. The molecule has 1 amide bonds. The maximum atomic E-state index is 13.4. The first kappa shape index (κ1) is 19.2. The number of hydrogen-bond donors (Lipinski definition) is 0. The van der Waals surface area contributed by atoms with E-state index in [4.69, 9.17) is 21.1 Å². The summed E-state index contributed by atoms with van der Waals surface area (Å²) in [5, 5.41) is 3.02. The lowest BCUT2D eigenvalue weighted by molar-refractivity contribution is -0.119. The lowest BCUT2D eigenvalue weighted by atomic mass is 9.81. The highest BCUT2D eigenvalue weighted by Gasteiger charge is 2.34. The number of carbonyl (C=O) groups excluding carboxylic acids is 1. The molecule has 0 saturated heterocycles. The van der Waals surface area contributed by atoms with Crippen molar-refractivity contribution in [3.63, 3.8) is 0 Å². The smallest absolute Gasteiger partial charge is 0.231 e. The third-order valence-corrected chi connectivity index (χ3v) is 6.57. The van der Waals surface area contributed by atoms with Gasteiger partial charge in [0.15, 0.2) is 11.5 Å². The number of rotatable bonds is 3. The van der Waals surface area contributed by atoms with Gasteiger partial charge in [-0.2, -0.15) is 0 Å². The number of fused-ring (bicyclic) bond motifs is 4. The summed E-state index contributed by atoms with van der Waals surface area (Å²) >= 11 is 6.06. The summed E-state index contributed by atoms with van der Waals surface area (Å²) in [6.07, 6.45) is 0.397. The van der Waals surface area contributed by atoms with E-state index in [0.717, 1.165) is 33.7 Å². The van der Waals surface area contributed by atoms with E-state index in [1.165, 1.54) is 10.9 Å². The number of hydrogen-bond acceptors (Lipinski definition) is 3. The van der Waals surface area contributed by atoms with Crippen LogP contribution >= 0.6 is 11.6 Å². The van der Waals surface area contributed by atoms with E-state index >= 15 is 0 Å². The fourth-order valence-electron chi connectivity index (χ4n) is 4.77. The second-order valence-corrected chi connectivity index (χ2v) is 8.63. The average molecular weight is 442 g/mol. The minimum atomic E-state index is -0.0560. The fourth-order valence-corrected chi connectivity index (χ4v) is 4.89. The van der Waals surface area contributed by atoms with E-state index in [2.05, 4.69) is 30.3 Å². The van der Waals surface area contributed by atoms with Crippen LogP contribution in [0.4, 0.5) is 5.69 Å². The van der Waals surface area contributed by atoms with Gasteiger partial charge in [0.05, 0.1) is 6.54 Å². The van der Waals surface area contributed by atoms with Crippen LogP contribution in [0, 0.1) is 0 Å². The standard InChI is InChI=1S/C27H20ClNO3/c28-20-9-5-17(6-10-20)15-29-23-11-7-18-3-1-2-4-21(18)27(23)22(14-26(29)30)19-8-12-24-25(13-19)32-16-31-24/h1-13,22H,14-16H2. The minimum absolute atomic E-state index is 0.0560. The van der Waals surface area contributed by atoms with Crippen LogP contribution < -0.4 is 14.4 Å². The lowest BCUT2D eigenvalue weighted by Crippen LogP contribution is -2.36. The quantitative estimate of drug-likeness (QED) is 0.375. The summed E-state index contributed by atoms with van der Waals surface area (Å²) in [6, 6.07) is 26.2. The van der Waals surface area contributed by atoms with Gasteiger partial charge in [0, 0.05) is 23.0 Å². The van der Waals surface area contributed by atoms with Crippen molar-refractivity contribution in [2.24, 2.45) is 0 Å². The molecule has 2 heterocycles. The predicted molar refractivity (Wildman–Crippen MR) is 126 cm³/mol. The second-order valence-electron chi connectivity index (χ2n) is 8.20. The van der Waals surface area contributed by atoms with Gasteiger partial charge in [0.25, 0.3) is 0 Å². The van der Waals surface area contributed by atoms with E-state index in [9.17, 15) is 4.79 Å². The van der Waals surface area contributed by atoms with Crippen LogP contribution in [-0.4, -0.2) is 12.7 Å². The Bertz CT molecular complexity index is 1350. The average Bonchev–Trinajstić information content (AvgIpc) is 3.29. The lowest BCUT2D eigenvalue weighted by Gasteiger charge is -2.35. The molecule has 4 aromatic carbocycles. The van der Waals surface area contributed by atoms with Crippen LogP contribution in [0.2, 0.25) is 5.02 Å². The third kappa shape index (κ3) is 3.19. The molecule has 0 fully saturated rings. The van der Waals surface area contributed by atoms with E-state index in [1.54, 1.807) is 0 Å².